The molecule has 1 saturated heterocycles. The van der Waals surface area contributed by atoms with Crippen LogP contribution in [-0.4, -0.2) is 58.0 Å². The molecule has 0 aliphatic carbocycles. The van der Waals surface area contributed by atoms with E-state index in [-0.39, 0.29) is 19.2 Å². The van der Waals surface area contributed by atoms with Gasteiger partial charge in [-0.25, -0.2) is 4.79 Å². The number of hydrogen-bond donors (Lipinski definition) is 3. The average molecular weight is 282 g/mol. The fraction of sp³-hybridized carbons (Fsp3) is 0.583. The molecule has 8 nitrogen and oxygen atoms in total. The van der Waals surface area contributed by atoms with Crippen LogP contribution >= 0.6 is 0 Å². The van der Waals surface area contributed by atoms with E-state index in [0.29, 0.717) is 12.2 Å². The molecule has 1 aliphatic heterocycles. The van der Waals surface area contributed by atoms with Crippen LogP contribution in [0.25, 0.3) is 0 Å². The van der Waals surface area contributed by atoms with Crippen LogP contribution in [0.3, 0.4) is 0 Å². The molecule has 2 atom stereocenters. The number of rotatable bonds is 5. The van der Waals surface area contributed by atoms with Crippen LogP contribution in [0.4, 0.5) is 10.5 Å². The maximum Gasteiger partial charge on any atom is 0.322 e. The van der Waals surface area contributed by atoms with Crippen LogP contribution in [0.1, 0.15) is 13.3 Å². The summed E-state index contributed by atoms with van der Waals surface area (Å²) in [6.07, 6.45) is 3.78. The number of hydrogen-bond acceptors (Lipinski definition) is 4. The van der Waals surface area contributed by atoms with Gasteiger partial charge >= 0.3 is 12.0 Å². The second-order valence-electron chi connectivity index (χ2n) is 4.66. The van der Waals surface area contributed by atoms with Crippen molar-refractivity contribution in [1.29, 1.82) is 0 Å². The van der Waals surface area contributed by atoms with E-state index in [9.17, 15) is 14.7 Å². The van der Waals surface area contributed by atoms with E-state index in [1.807, 2.05) is 6.92 Å². The molecule has 2 heterocycles. The number of carbonyl (C=O) groups excluding carboxylic acids is 1. The first-order valence-corrected chi connectivity index (χ1v) is 6.50. The zero-order valence-electron chi connectivity index (χ0n) is 11.2. The minimum atomic E-state index is -0.940. The summed E-state index contributed by atoms with van der Waals surface area (Å²) in [6, 6.07) is -0.783. The Hall–Kier alpha value is -2.09. The summed E-state index contributed by atoms with van der Waals surface area (Å²) in [5, 5.41) is 18.2. The fourth-order valence-corrected chi connectivity index (χ4v) is 2.26. The first kappa shape index (κ1) is 14.3. The molecule has 1 fully saturated rings. The second kappa shape index (κ2) is 6.38. The van der Waals surface area contributed by atoms with Crippen molar-refractivity contribution in [3.05, 3.63) is 12.4 Å². The van der Waals surface area contributed by atoms with E-state index in [1.54, 1.807) is 6.20 Å². The van der Waals surface area contributed by atoms with Gasteiger partial charge in [0.05, 0.1) is 31.1 Å². The average Bonchev–Trinajstić information content (AvgIpc) is 3.06. The van der Waals surface area contributed by atoms with Gasteiger partial charge in [0.25, 0.3) is 0 Å². The van der Waals surface area contributed by atoms with Gasteiger partial charge in [0.1, 0.15) is 5.92 Å². The van der Waals surface area contributed by atoms with Gasteiger partial charge in [-0.1, -0.05) is 6.92 Å². The van der Waals surface area contributed by atoms with E-state index >= 15 is 0 Å². The number of amides is 2. The van der Waals surface area contributed by atoms with Crippen molar-refractivity contribution in [2.24, 2.45) is 5.92 Å². The van der Waals surface area contributed by atoms with Gasteiger partial charge in [0, 0.05) is 12.7 Å². The first-order valence-electron chi connectivity index (χ1n) is 6.50. The molecule has 20 heavy (non-hydrogen) atoms. The van der Waals surface area contributed by atoms with Crippen LogP contribution in [0.15, 0.2) is 12.4 Å². The molecule has 0 aromatic carbocycles. The number of aliphatic carboxylic acids is 1. The molecule has 2 unspecified atom stereocenters. The standard InChI is InChI=1S/C12H18N4O4/c1-2-3-16(10-7-20-6-9(10)11(17)18)12(19)15-8-4-13-14-5-8/h4-5,9-10H,2-3,6-7H2,1H3,(H,13,14)(H,15,19)(H,17,18). The fourth-order valence-electron chi connectivity index (χ4n) is 2.26. The smallest absolute Gasteiger partial charge is 0.322 e. The van der Waals surface area contributed by atoms with Crippen molar-refractivity contribution in [3.8, 4) is 0 Å². The zero-order chi connectivity index (χ0) is 14.5. The van der Waals surface area contributed by atoms with E-state index in [4.69, 9.17) is 4.74 Å². The summed E-state index contributed by atoms with van der Waals surface area (Å²) < 4.78 is 5.22. The number of carbonyl (C=O) groups is 2. The number of carboxylic acid groups (broad SMARTS) is 1. The Morgan fingerprint density at radius 3 is 3.00 bits per heavy atom. The van der Waals surface area contributed by atoms with Crippen molar-refractivity contribution in [1.82, 2.24) is 15.1 Å². The van der Waals surface area contributed by atoms with Gasteiger partial charge in [0.2, 0.25) is 0 Å². The molecule has 1 aromatic heterocycles. The van der Waals surface area contributed by atoms with Gasteiger partial charge < -0.3 is 20.1 Å². The minimum Gasteiger partial charge on any atom is -0.481 e. The number of nitrogens with one attached hydrogen (secondary N) is 2. The molecule has 0 radical (unpaired) electrons. The van der Waals surface area contributed by atoms with Gasteiger partial charge in [-0.15, -0.1) is 0 Å². The third kappa shape index (κ3) is 3.08. The molecule has 1 aromatic rings. The summed E-state index contributed by atoms with van der Waals surface area (Å²) in [5.74, 6) is -1.62. The highest BCUT2D eigenvalue weighted by atomic mass is 16.5. The zero-order valence-corrected chi connectivity index (χ0v) is 11.2. The Morgan fingerprint density at radius 2 is 2.40 bits per heavy atom. The molecule has 3 N–H and O–H groups in total. The molecular weight excluding hydrogens is 264 g/mol. The lowest BCUT2D eigenvalue weighted by atomic mass is 10.0. The number of anilines is 1. The van der Waals surface area contributed by atoms with E-state index in [2.05, 4.69) is 15.5 Å². The predicted octanol–water partition coefficient (Wildman–Crippen LogP) is 0.753. The SMILES string of the molecule is CCCN(C(=O)Nc1cn[nH]c1)C1COCC1C(=O)O. The third-order valence-corrected chi connectivity index (χ3v) is 3.24. The number of ether oxygens (including phenoxy) is 1. The quantitative estimate of drug-likeness (QED) is 0.738. The van der Waals surface area contributed by atoms with Crippen molar-refractivity contribution in [3.63, 3.8) is 0 Å². The number of aromatic nitrogens is 2. The normalized spacial score (nSPS) is 21.6. The highest BCUT2D eigenvalue weighted by Crippen LogP contribution is 2.21. The molecule has 2 rings (SSSR count). The summed E-state index contributed by atoms with van der Waals surface area (Å²) in [4.78, 5) is 25.0. The Labute approximate surface area is 116 Å². The van der Waals surface area contributed by atoms with Crippen LogP contribution in [0.5, 0.6) is 0 Å². The maximum atomic E-state index is 12.3. The largest absolute Gasteiger partial charge is 0.481 e. The first-order chi connectivity index (χ1) is 9.63. The van der Waals surface area contributed by atoms with Crippen LogP contribution in [0, 0.1) is 5.92 Å². The highest BCUT2D eigenvalue weighted by Gasteiger charge is 2.39. The number of nitrogens with zero attached hydrogens (tertiary/aromatic N) is 2. The lowest BCUT2D eigenvalue weighted by Crippen LogP contribution is -2.48. The third-order valence-electron chi connectivity index (χ3n) is 3.24. The summed E-state index contributed by atoms with van der Waals surface area (Å²) in [6.45, 7) is 2.79. The van der Waals surface area contributed by atoms with Crippen molar-refractivity contribution < 1.29 is 19.4 Å². The van der Waals surface area contributed by atoms with Crippen molar-refractivity contribution in [2.75, 3.05) is 25.1 Å². The summed E-state index contributed by atoms with van der Waals surface area (Å²) in [5.41, 5.74) is 0.543. The molecule has 0 bridgehead atoms. The van der Waals surface area contributed by atoms with Gasteiger partial charge in [-0.2, -0.15) is 5.10 Å². The molecule has 110 valence electrons. The molecular formula is C12H18N4O4. The van der Waals surface area contributed by atoms with E-state index in [1.165, 1.54) is 11.1 Å². The van der Waals surface area contributed by atoms with Gasteiger partial charge in [-0.05, 0) is 6.42 Å². The van der Waals surface area contributed by atoms with Crippen molar-refractivity contribution >= 4 is 17.7 Å². The molecule has 0 saturated carbocycles. The lowest BCUT2D eigenvalue weighted by molar-refractivity contribution is -0.142. The maximum absolute atomic E-state index is 12.3. The second-order valence-corrected chi connectivity index (χ2v) is 4.66. The van der Waals surface area contributed by atoms with E-state index in [0.717, 1.165) is 6.42 Å². The summed E-state index contributed by atoms with van der Waals surface area (Å²) in [7, 11) is 0. The Morgan fingerprint density at radius 1 is 1.60 bits per heavy atom. The molecule has 0 spiro atoms. The van der Waals surface area contributed by atoms with Crippen molar-refractivity contribution in [2.45, 2.75) is 19.4 Å². The molecule has 2 amide bonds. The number of urea groups is 1. The Kier molecular flexibility index (Phi) is 4.57. The minimum absolute atomic E-state index is 0.138. The molecule has 8 heteroatoms. The highest BCUT2D eigenvalue weighted by molar-refractivity contribution is 5.89. The monoisotopic (exact) mass is 282 g/mol. The van der Waals surface area contributed by atoms with Crippen LogP contribution in [0.2, 0.25) is 0 Å². The topological polar surface area (TPSA) is 108 Å². The Balaban J connectivity index is 2.09. The van der Waals surface area contributed by atoms with Crippen LogP contribution < -0.4 is 5.32 Å². The Bertz CT molecular complexity index is 462. The number of carboxylic acids is 1. The number of H-pyrrole nitrogens is 1. The predicted molar refractivity (Wildman–Crippen MR) is 70.3 cm³/mol. The van der Waals surface area contributed by atoms with E-state index < -0.39 is 17.9 Å². The van der Waals surface area contributed by atoms with Gasteiger partial charge in [-0.3, -0.25) is 9.89 Å². The number of aromatic amines is 1. The lowest BCUT2D eigenvalue weighted by Gasteiger charge is -2.30. The van der Waals surface area contributed by atoms with Crippen LogP contribution in [-0.2, 0) is 9.53 Å². The molecule has 1 aliphatic rings. The summed E-state index contributed by atoms with van der Waals surface area (Å²) >= 11 is 0. The van der Waals surface area contributed by atoms with Gasteiger partial charge in [0.15, 0.2) is 0 Å².